The van der Waals surface area contributed by atoms with Gasteiger partial charge in [-0.3, -0.25) is 9.36 Å². The largest absolute Gasteiger partial charge is 0.481 e. The Morgan fingerprint density at radius 2 is 2.25 bits per heavy atom. The topological polar surface area (TPSA) is 75.1 Å². The predicted molar refractivity (Wildman–Crippen MR) is 59.8 cm³/mol. The van der Waals surface area contributed by atoms with E-state index in [9.17, 15) is 9.59 Å². The Kier molecular flexibility index (Phi) is 2.70. The van der Waals surface area contributed by atoms with E-state index in [0.29, 0.717) is 16.1 Å². The molecule has 1 aromatic carbocycles. The first-order valence-electron chi connectivity index (χ1n) is 4.68. The Morgan fingerprint density at radius 3 is 2.94 bits per heavy atom. The number of H-pyrrole nitrogens is 1. The van der Waals surface area contributed by atoms with E-state index >= 15 is 0 Å². The maximum atomic E-state index is 11.5. The molecular weight excluding hydrogens is 232 g/mol. The summed E-state index contributed by atoms with van der Waals surface area (Å²) in [6.45, 7) is 0.133. The normalized spacial score (nSPS) is 10.8. The lowest BCUT2D eigenvalue weighted by Crippen LogP contribution is -2.18. The van der Waals surface area contributed by atoms with E-state index in [2.05, 4.69) is 4.98 Å². The number of aliphatic carboxylic acids is 1. The molecule has 0 aliphatic heterocycles. The number of hydrogen-bond donors (Lipinski definition) is 2. The molecule has 2 aromatic rings. The highest BCUT2D eigenvalue weighted by Crippen LogP contribution is 2.16. The number of carbonyl (C=O) groups is 1. The van der Waals surface area contributed by atoms with Crippen molar-refractivity contribution < 1.29 is 9.90 Å². The third-order valence-corrected chi connectivity index (χ3v) is 2.52. The van der Waals surface area contributed by atoms with Crippen molar-refractivity contribution in [1.29, 1.82) is 0 Å². The number of nitrogens with one attached hydrogen (secondary N) is 1. The molecule has 0 unspecified atom stereocenters. The van der Waals surface area contributed by atoms with Gasteiger partial charge in [0.1, 0.15) is 0 Å². The van der Waals surface area contributed by atoms with E-state index in [0.717, 1.165) is 0 Å². The van der Waals surface area contributed by atoms with Crippen LogP contribution in [-0.4, -0.2) is 20.6 Å². The number of hydrogen-bond acceptors (Lipinski definition) is 2. The number of rotatable bonds is 3. The van der Waals surface area contributed by atoms with Crippen LogP contribution in [0.3, 0.4) is 0 Å². The first-order chi connectivity index (χ1) is 7.58. The maximum absolute atomic E-state index is 11.5. The third kappa shape index (κ3) is 1.94. The lowest BCUT2D eigenvalue weighted by Gasteiger charge is -2.00. The second-order valence-electron chi connectivity index (χ2n) is 3.39. The van der Waals surface area contributed by atoms with Gasteiger partial charge in [-0.1, -0.05) is 11.6 Å². The molecule has 16 heavy (non-hydrogen) atoms. The number of benzene rings is 1. The van der Waals surface area contributed by atoms with Gasteiger partial charge < -0.3 is 10.1 Å². The van der Waals surface area contributed by atoms with Crippen molar-refractivity contribution in [3.05, 3.63) is 33.7 Å². The second kappa shape index (κ2) is 4.02. The van der Waals surface area contributed by atoms with E-state index < -0.39 is 5.97 Å². The minimum atomic E-state index is -0.941. The SMILES string of the molecule is O=C(O)CCn1c(=O)[nH]c2ccc(Cl)cc21. The van der Waals surface area contributed by atoms with Crippen LogP contribution in [0.1, 0.15) is 6.42 Å². The third-order valence-electron chi connectivity index (χ3n) is 2.29. The number of carboxylic acids is 1. The Morgan fingerprint density at radius 1 is 1.50 bits per heavy atom. The fourth-order valence-electron chi connectivity index (χ4n) is 1.56. The van der Waals surface area contributed by atoms with Gasteiger partial charge in [-0.15, -0.1) is 0 Å². The van der Waals surface area contributed by atoms with Gasteiger partial charge >= 0.3 is 11.7 Å². The molecule has 0 aliphatic carbocycles. The summed E-state index contributed by atoms with van der Waals surface area (Å²) in [6.07, 6.45) is -0.0978. The van der Waals surface area contributed by atoms with Gasteiger partial charge in [0.05, 0.1) is 17.5 Å². The van der Waals surface area contributed by atoms with Crippen molar-refractivity contribution in [2.75, 3.05) is 0 Å². The molecule has 1 heterocycles. The van der Waals surface area contributed by atoms with Crippen LogP contribution in [0.5, 0.6) is 0 Å². The molecule has 0 radical (unpaired) electrons. The van der Waals surface area contributed by atoms with Crippen LogP contribution in [-0.2, 0) is 11.3 Å². The van der Waals surface area contributed by atoms with Gasteiger partial charge in [0.25, 0.3) is 0 Å². The van der Waals surface area contributed by atoms with Crippen molar-refractivity contribution in [2.24, 2.45) is 0 Å². The van der Waals surface area contributed by atoms with Crippen LogP contribution in [0.2, 0.25) is 5.02 Å². The Bertz CT molecular complexity index is 600. The molecular formula is C10H9ClN2O3. The first-order valence-corrected chi connectivity index (χ1v) is 5.05. The molecule has 0 aliphatic rings. The average Bonchev–Trinajstić information content (AvgIpc) is 2.51. The number of imidazole rings is 1. The molecule has 0 atom stereocenters. The fourth-order valence-corrected chi connectivity index (χ4v) is 1.72. The number of fused-ring (bicyclic) bond motifs is 1. The number of aromatic amines is 1. The smallest absolute Gasteiger partial charge is 0.326 e. The van der Waals surface area contributed by atoms with Crippen LogP contribution < -0.4 is 5.69 Å². The van der Waals surface area contributed by atoms with Crippen molar-refractivity contribution in [3.63, 3.8) is 0 Å². The average molecular weight is 241 g/mol. The molecule has 5 nitrogen and oxygen atoms in total. The number of halogens is 1. The molecule has 2 rings (SSSR count). The highest BCUT2D eigenvalue weighted by molar-refractivity contribution is 6.31. The van der Waals surface area contributed by atoms with Crippen LogP contribution in [0.25, 0.3) is 11.0 Å². The van der Waals surface area contributed by atoms with Gasteiger partial charge in [0.15, 0.2) is 0 Å². The van der Waals surface area contributed by atoms with Crippen molar-refractivity contribution in [1.82, 2.24) is 9.55 Å². The zero-order valence-electron chi connectivity index (χ0n) is 8.24. The highest BCUT2D eigenvalue weighted by atomic mass is 35.5. The molecule has 0 bridgehead atoms. The summed E-state index contributed by atoms with van der Waals surface area (Å²) < 4.78 is 1.37. The maximum Gasteiger partial charge on any atom is 0.326 e. The van der Waals surface area contributed by atoms with Crippen molar-refractivity contribution >= 4 is 28.6 Å². The lowest BCUT2D eigenvalue weighted by atomic mass is 10.3. The number of aromatic nitrogens is 2. The molecule has 2 N–H and O–H groups in total. The zero-order valence-corrected chi connectivity index (χ0v) is 8.99. The zero-order chi connectivity index (χ0) is 11.7. The van der Waals surface area contributed by atoms with Gasteiger partial charge in [-0.2, -0.15) is 0 Å². The number of nitrogens with zero attached hydrogens (tertiary/aromatic N) is 1. The minimum absolute atomic E-state index is 0.0978. The Balaban J connectivity index is 2.50. The van der Waals surface area contributed by atoms with E-state index in [1.54, 1.807) is 18.2 Å². The highest BCUT2D eigenvalue weighted by Gasteiger charge is 2.08. The monoisotopic (exact) mass is 240 g/mol. The number of carboxylic acid groups (broad SMARTS) is 1. The van der Waals surface area contributed by atoms with E-state index in [1.165, 1.54) is 4.57 Å². The van der Waals surface area contributed by atoms with Gasteiger partial charge in [-0.05, 0) is 18.2 Å². The standard InChI is InChI=1S/C10H9ClN2O3/c11-6-1-2-7-8(5-6)13(10(16)12-7)4-3-9(14)15/h1-2,5H,3-4H2,(H,12,16)(H,14,15). The first kappa shape index (κ1) is 10.8. The molecule has 0 fully saturated rings. The number of aryl methyl sites for hydroxylation is 1. The van der Waals surface area contributed by atoms with Gasteiger partial charge in [0.2, 0.25) is 0 Å². The summed E-state index contributed by atoms with van der Waals surface area (Å²) in [5.41, 5.74) is 0.956. The van der Waals surface area contributed by atoms with Gasteiger partial charge in [-0.25, -0.2) is 4.79 Å². The summed E-state index contributed by atoms with van der Waals surface area (Å²) in [4.78, 5) is 24.6. The van der Waals surface area contributed by atoms with Crippen molar-refractivity contribution in [3.8, 4) is 0 Å². The quantitative estimate of drug-likeness (QED) is 0.853. The van der Waals surface area contributed by atoms with Gasteiger partial charge in [0, 0.05) is 11.6 Å². The van der Waals surface area contributed by atoms with Crippen molar-refractivity contribution in [2.45, 2.75) is 13.0 Å². The summed E-state index contributed by atoms with van der Waals surface area (Å²) in [6, 6.07) is 4.99. The van der Waals surface area contributed by atoms with E-state index in [-0.39, 0.29) is 18.7 Å². The molecule has 0 amide bonds. The minimum Gasteiger partial charge on any atom is -0.481 e. The van der Waals surface area contributed by atoms with E-state index in [4.69, 9.17) is 16.7 Å². The fraction of sp³-hybridized carbons (Fsp3) is 0.200. The van der Waals surface area contributed by atoms with Crippen LogP contribution in [0.4, 0.5) is 0 Å². The molecule has 0 saturated carbocycles. The molecule has 0 spiro atoms. The van der Waals surface area contributed by atoms with Crippen LogP contribution >= 0.6 is 11.6 Å². The summed E-state index contributed by atoms with van der Waals surface area (Å²) in [7, 11) is 0. The molecule has 84 valence electrons. The molecule has 6 heteroatoms. The predicted octanol–water partition coefficient (Wildman–Crippen LogP) is 1.46. The summed E-state index contributed by atoms with van der Waals surface area (Å²) in [5.74, 6) is -0.941. The second-order valence-corrected chi connectivity index (χ2v) is 3.82. The lowest BCUT2D eigenvalue weighted by molar-refractivity contribution is -0.137. The summed E-state index contributed by atoms with van der Waals surface area (Å²) in [5, 5.41) is 9.09. The summed E-state index contributed by atoms with van der Waals surface area (Å²) >= 11 is 5.82. The Labute approximate surface area is 95.3 Å². The molecule has 1 aromatic heterocycles. The van der Waals surface area contributed by atoms with Crippen LogP contribution in [0.15, 0.2) is 23.0 Å². The van der Waals surface area contributed by atoms with E-state index in [1.807, 2.05) is 0 Å². The molecule has 0 saturated heterocycles. The Hall–Kier alpha value is -1.75. The van der Waals surface area contributed by atoms with Crippen LogP contribution in [0, 0.1) is 0 Å².